The number of nitrogens with two attached hydrogens (primary N) is 1. The summed E-state index contributed by atoms with van der Waals surface area (Å²) in [7, 11) is 1.48. The molecule has 0 bridgehead atoms. The number of nitrogens with one attached hydrogen (secondary N) is 2. The summed E-state index contributed by atoms with van der Waals surface area (Å²) in [6.07, 6.45) is -0.214. The van der Waals surface area contributed by atoms with Crippen LogP contribution in [0.5, 0.6) is 5.75 Å². The van der Waals surface area contributed by atoms with Gasteiger partial charge in [-0.05, 0) is 30.7 Å². The monoisotopic (exact) mass is 537 g/mol. The number of benzene rings is 2. The minimum absolute atomic E-state index is 0.356. The summed E-state index contributed by atoms with van der Waals surface area (Å²) < 4.78 is 13.4. The average Bonchev–Trinajstić information content (AvgIpc) is 3.48. The molecule has 5 rings (SSSR count). The van der Waals surface area contributed by atoms with Crippen molar-refractivity contribution in [3.05, 3.63) is 76.8 Å². The zero-order valence-corrected chi connectivity index (χ0v) is 21.6. The van der Waals surface area contributed by atoms with Gasteiger partial charge in [0, 0.05) is 24.2 Å². The van der Waals surface area contributed by atoms with Crippen LogP contribution in [0.4, 0.5) is 5.82 Å². The van der Waals surface area contributed by atoms with Gasteiger partial charge in [0.2, 0.25) is 0 Å². The van der Waals surface area contributed by atoms with Gasteiger partial charge in [-0.2, -0.15) is 0 Å². The normalized spacial score (nSPS) is 21.0. The predicted molar refractivity (Wildman–Crippen MR) is 142 cm³/mol. The highest BCUT2D eigenvalue weighted by Crippen LogP contribution is 2.32. The number of hydrogen-bond donors (Lipinski definition) is 4. The number of imidazole rings is 1. The second-order valence-electron chi connectivity index (χ2n) is 9.06. The van der Waals surface area contributed by atoms with Crippen molar-refractivity contribution in [3.8, 4) is 5.75 Å². The zero-order valence-electron chi connectivity index (χ0n) is 20.8. The van der Waals surface area contributed by atoms with E-state index in [1.165, 1.54) is 25.3 Å². The summed E-state index contributed by atoms with van der Waals surface area (Å²) in [5, 5.41) is 17.0. The Kier molecular flexibility index (Phi) is 7.43. The summed E-state index contributed by atoms with van der Waals surface area (Å²) in [5.74, 6) is 0.746. The van der Waals surface area contributed by atoms with Crippen LogP contribution in [0.3, 0.4) is 0 Å². The van der Waals surface area contributed by atoms with E-state index in [4.69, 9.17) is 26.8 Å². The lowest BCUT2D eigenvalue weighted by molar-refractivity contribution is -0.134. The van der Waals surface area contributed by atoms with E-state index in [9.17, 15) is 9.90 Å². The smallest absolute Gasteiger partial charge is 0.250 e. The minimum Gasteiger partial charge on any atom is -0.489 e. The van der Waals surface area contributed by atoms with E-state index in [2.05, 4.69) is 25.6 Å². The third kappa shape index (κ3) is 5.14. The van der Waals surface area contributed by atoms with Gasteiger partial charge in [0.25, 0.3) is 5.91 Å². The number of halogens is 1. The third-order valence-electron chi connectivity index (χ3n) is 6.44. The Bertz CT molecular complexity index is 1450. The number of carbonyl (C=O) groups excluding carboxylic acids is 1. The number of hydrogen-bond acceptors (Lipinski definition) is 9. The molecule has 2 aromatic carbocycles. The van der Waals surface area contributed by atoms with Crippen molar-refractivity contribution < 1.29 is 19.4 Å². The van der Waals surface area contributed by atoms with Gasteiger partial charge >= 0.3 is 0 Å². The number of aliphatic hydroxyl groups excluding tert-OH is 1. The molecular formula is C26H28ClN7O4. The van der Waals surface area contributed by atoms with Crippen LogP contribution in [-0.2, 0) is 22.7 Å². The highest BCUT2D eigenvalue weighted by Gasteiger charge is 2.46. The van der Waals surface area contributed by atoms with Crippen LogP contribution in [0.15, 0.2) is 55.1 Å². The Labute approximate surface area is 224 Å². The van der Waals surface area contributed by atoms with Gasteiger partial charge in [-0.25, -0.2) is 15.0 Å². The maximum Gasteiger partial charge on any atom is 0.250 e. The summed E-state index contributed by atoms with van der Waals surface area (Å²) >= 11 is 6.27. The van der Waals surface area contributed by atoms with Crippen LogP contribution in [0, 0.1) is 6.92 Å². The minimum atomic E-state index is -1.14. The Morgan fingerprint density at radius 2 is 2.00 bits per heavy atom. The number of anilines is 1. The number of likely N-dealkylation sites (N-methyl/N-ethyl adjacent to an activating group) is 1. The summed E-state index contributed by atoms with van der Waals surface area (Å²) in [4.78, 5) is 25.2. The molecule has 5 N–H and O–H groups in total. The largest absolute Gasteiger partial charge is 0.489 e. The van der Waals surface area contributed by atoms with Crippen LogP contribution in [-0.4, -0.2) is 55.8 Å². The average molecular weight is 538 g/mol. The van der Waals surface area contributed by atoms with Gasteiger partial charge in [0.1, 0.15) is 24.8 Å². The second-order valence-corrected chi connectivity index (χ2v) is 9.49. The van der Waals surface area contributed by atoms with Crippen LogP contribution in [0.2, 0.25) is 5.02 Å². The molecule has 4 aromatic rings. The first-order valence-corrected chi connectivity index (χ1v) is 12.4. The zero-order chi connectivity index (χ0) is 26.8. The quantitative estimate of drug-likeness (QED) is 0.265. The molecule has 0 spiro atoms. The van der Waals surface area contributed by atoms with Gasteiger partial charge < -0.3 is 30.9 Å². The second kappa shape index (κ2) is 10.9. The first-order chi connectivity index (χ1) is 18.4. The fourth-order valence-corrected chi connectivity index (χ4v) is 4.51. The van der Waals surface area contributed by atoms with Crippen molar-refractivity contribution in [3.63, 3.8) is 0 Å². The maximum absolute atomic E-state index is 12.1. The number of nitrogens with zero attached hydrogens (tertiary/aromatic N) is 4. The first kappa shape index (κ1) is 25.9. The van der Waals surface area contributed by atoms with Crippen molar-refractivity contribution in [2.75, 3.05) is 12.4 Å². The number of aromatic nitrogens is 4. The SMILES string of the molecule is CNC(=O)[C@H]1O[C@@H](n2cnc3c(NCc4cc(Cl)ccc4OCc4ccc(C)cc4)ncnc32)[C@H](O)[C@@H]1N. The van der Waals surface area contributed by atoms with E-state index in [0.717, 1.165) is 11.1 Å². The van der Waals surface area contributed by atoms with Gasteiger partial charge in [-0.3, -0.25) is 9.36 Å². The lowest BCUT2D eigenvalue weighted by Crippen LogP contribution is -2.46. The molecule has 1 fully saturated rings. The molecule has 1 aliphatic heterocycles. The highest BCUT2D eigenvalue weighted by atomic mass is 35.5. The number of carbonyl (C=O) groups is 1. The molecule has 0 aliphatic carbocycles. The van der Waals surface area contributed by atoms with Crippen molar-refractivity contribution >= 4 is 34.5 Å². The van der Waals surface area contributed by atoms with E-state index in [1.807, 2.05) is 43.3 Å². The molecule has 4 atom stereocenters. The van der Waals surface area contributed by atoms with Crippen LogP contribution in [0.25, 0.3) is 11.2 Å². The first-order valence-electron chi connectivity index (χ1n) is 12.0. The standard InChI is InChI=1S/C26H28ClN7O4/c1-14-3-5-15(6-4-14)11-37-18-8-7-17(27)9-16(18)10-30-23-20-24(32-12-31-23)34(13-33-20)26-21(35)19(28)22(38-26)25(36)29-2/h3-9,12-13,19,21-22,26,35H,10-11,28H2,1-2H3,(H,29,36)(H,30,31,32)/t19-,21+,22-,26+/m0/s1. The van der Waals surface area contributed by atoms with Crippen molar-refractivity contribution in [1.82, 2.24) is 24.8 Å². The molecule has 198 valence electrons. The third-order valence-corrected chi connectivity index (χ3v) is 6.68. The van der Waals surface area contributed by atoms with E-state index in [-0.39, 0.29) is 0 Å². The molecule has 0 radical (unpaired) electrons. The molecule has 11 nitrogen and oxygen atoms in total. The Balaban J connectivity index is 1.34. The predicted octanol–water partition coefficient (Wildman–Crippen LogP) is 2.31. The topological polar surface area (TPSA) is 149 Å². The lowest BCUT2D eigenvalue weighted by atomic mass is 10.1. The molecule has 2 aromatic heterocycles. The fourth-order valence-electron chi connectivity index (χ4n) is 4.32. The van der Waals surface area contributed by atoms with Gasteiger partial charge in [0.15, 0.2) is 29.3 Å². The molecule has 3 heterocycles. The number of ether oxygens (including phenoxy) is 2. The molecule has 0 unspecified atom stereocenters. The number of amides is 1. The summed E-state index contributed by atoms with van der Waals surface area (Å²) in [5.41, 5.74) is 10.00. The molecule has 1 aliphatic rings. The lowest BCUT2D eigenvalue weighted by Gasteiger charge is -2.17. The Hall–Kier alpha value is -3.77. The Morgan fingerprint density at radius 3 is 2.76 bits per heavy atom. The highest BCUT2D eigenvalue weighted by molar-refractivity contribution is 6.30. The molecule has 1 saturated heterocycles. The van der Waals surface area contributed by atoms with Crippen LogP contribution < -0.4 is 21.1 Å². The molecule has 1 amide bonds. The van der Waals surface area contributed by atoms with Crippen LogP contribution in [0.1, 0.15) is 22.9 Å². The van der Waals surface area contributed by atoms with Gasteiger partial charge in [-0.1, -0.05) is 41.4 Å². The number of fused-ring (bicyclic) bond motifs is 1. The fraction of sp³-hybridized carbons (Fsp3) is 0.308. The molecule has 12 heteroatoms. The number of rotatable bonds is 8. The number of aliphatic hydroxyl groups is 1. The summed E-state index contributed by atoms with van der Waals surface area (Å²) in [6.45, 7) is 2.81. The molecular weight excluding hydrogens is 510 g/mol. The summed E-state index contributed by atoms with van der Waals surface area (Å²) in [6, 6.07) is 12.7. The van der Waals surface area contributed by atoms with E-state index < -0.39 is 30.4 Å². The molecule has 0 saturated carbocycles. The van der Waals surface area contributed by atoms with E-state index in [1.54, 1.807) is 10.6 Å². The van der Waals surface area contributed by atoms with E-state index in [0.29, 0.717) is 40.9 Å². The van der Waals surface area contributed by atoms with Gasteiger partial charge in [0.05, 0.1) is 12.4 Å². The van der Waals surface area contributed by atoms with Crippen molar-refractivity contribution in [2.24, 2.45) is 5.73 Å². The van der Waals surface area contributed by atoms with Crippen molar-refractivity contribution in [1.29, 1.82) is 0 Å². The van der Waals surface area contributed by atoms with E-state index >= 15 is 0 Å². The molecule has 38 heavy (non-hydrogen) atoms. The Morgan fingerprint density at radius 1 is 1.21 bits per heavy atom. The van der Waals surface area contributed by atoms with Crippen LogP contribution >= 0.6 is 11.6 Å². The number of aryl methyl sites for hydroxylation is 1. The van der Waals surface area contributed by atoms with Crippen molar-refractivity contribution in [2.45, 2.75) is 44.6 Å². The van der Waals surface area contributed by atoms with Gasteiger partial charge in [-0.15, -0.1) is 0 Å². The maximum atomic E-state index is 12.1.